The molecule has 2 rings (SSSR count). The number of methoxy groups -OCH3 is 1. The molecule has 2 N–H and O–H groups in total. The van der Waals surface area contributed by atoms with Crippen LogP contribution in [0.3, 0.4) is 0 Å². The van der Waals surface area contributed by atoms with Crippen molar-refractivity contribution in [1.82, 2.24) is 15.5 Å². The summed E-state index contributed by atoms with van der Waals surface area (Å²) >= 11 is 0. The average molecular weight is 361 g/mol. The maximum absolute atomic E-state index is 12.2. The molecule has 1 aromatic rings. The van der Waals surface area contributed by atoms with Gasteiger partial charge in [0.1, 0.15) is 0 Å². The van der Waals surface area contributed by atoms with Crippen LogP contribution in [0.5, 0.6) is 0 Å². The predicted octanol–water partition coefficient (Wildman–Crippen LogP) is 2.71. The highest BCUT2D eigenvalue weighted by Gasteiger charge is 2.19. The molecule has 1 heterocycles. The second kappa shape index (κ2) is 10.8. The van der Waals surface area contributed by atoms with E-state index in [2.05, 4.69) is 22.5 Å². The molecule has 1 aliphatic rings. The van der Waals surface area contributed by atoms with Gasteiger partial charge in [-0.1, -0.05) is 37.3 Å². The van der Waals surface area contributed by atoms with Crippen LogP contribution >= 0.6 is 0 Å². The zero-order chi connectivity index (χ0) is 18.8. The van der Waals surface area contributed by atoms with Crippen molar-refractivity contribution in [2.45, 2.75) is 38.6 Å². The Bertz CT molecular complexity index is 557. The van der Waals surface area contributed by atoms with Gasteiger partial charge in [0.05, 0.1) is 19.6 Å². The lowest BCUT2D eigenvalue weighted by atomic mass is 9.99. The van der Waals surface area contributed by atoms with Gasteiger partial charge >= 0.3 is 12.0 Å². The van der Waals surface area contributed by atoms with Gasteiger partial charge in [0.25, 0.3) is 0 Å². The molecule has 1 atom stereocenters. The van der Waals surface area contributed by atoms with Gasteiger partial charge in [-0.2, -0.15) is 0 Å². The maximum Gasteiger partial charge on any atom is 0.315 e. The molecule has 0 aromatic heterocycles. The Morgan fingerprint density at radius 3 is 2.58 bits per heavy atom. The lowest BCUT2D eigenvalue weighted by Crippen LogP contribution is -2.40. The Kier molecular flexibility index (Phi) is 8.41. The fourth-order valence-electron chi connectivity index (χ4n) is 3.19. The van der Waals surface area contributed by atoms with E-state index in [0.717, 1.165) is 37.5 Å². The summed E-state index contributed by atoms with van der Waals surface area (Å²) in [6.07, 6.45) is 3.56. The Labute approximate surface area is 156 Å². The topological polar surface area (TPSA) is 70.7 Å². The molecule has 1 saturated heterocycles. The number of piperidine rings is 1. The first-order valence-electron chi connectivity index (χ1n) is 9.47. The van der Waals surface area contributed by atoms with Crippen LogP contribution in [0.4, 0.5) is 4.79 Å². The Balaban J connectivity index is 1.73. The van der Waals surface area contributed by atoms with Crippen LogP contribution in [0.25, 0.3) is 0 Å². The largest absolute Gasteiger partial charge is 0.469 e. The molecule has 0 radical (unpaired) electrons. The van der Waals surface area contributed by atoms with E-state index >= 15 is 0 Å². The van der Waals surface area contributed by atoms with Crippen molar-refractivity contribution in [3.8, 4) is 0 Å². The van der Waals surface area contributed by atoms with Crippen molar-refractivity contribution in [2.75, 3.05) is 33.3 Å². The Morgan fingerprint density at radius 2 is 1.92 bits per heavy atom. The lowest BCUT2D eigenvalue weighted by Gasteiger charge is -2.30. The van der Waals surface area contributed by atoms with Gasteiger partial charge in [-0.25, -0.2) is 4.79 Å². The van der Waals surface area contributed by atoms with E-state index in [1.165, 1.54) is 20.0 Å². The summed E-state index contributed by atoms with van der Waals surface area (Å²) in [5, 5.41) is 5.77. The van der Waals surface area contributed by atoms with Gasteiger partial charge in [-0.15, -0.1) is 0 Å². The fraction of sp³-hybridized carbons (Fsp3) is 0.600. The van der Waals surface area contributed by atoms with Crippen LogP contribution in [0, 0.1) is 5.92 Å². The molecule has 0 aliphatic carbocycles. The van der Waals surface area contributed by atoms with Gasteiger partial charge in [0, 0.05) is 6.54 Å². The summed E-state index contributed by atoms with van der Waals surface area (Å²) in [5.41, 5.74) is 0.885. The zero-order valence-corrected chi connectivity index (χ0v) is 15.9. The molecule has 0 saturated carbocycles. The van der Waals surface area contributed by atoms with Crippen LogP contribution in [-0.2, 0) is 9.53 Å². The highest BCUT2D eigenvalue weighted by molar-refractivity contribution is 5.76. The quantitative estimate of drug-likeness (QED) is 0.552. The van der Waals surface area contributed by atoms with Gasteiger partial charge < -0.3 is 20.3 Å². The van der Waals surface area contributed by atoms with Crippen molar-refractivity contribution in [2.24, 2.45) is 5.92 Å². The van der Waals surface area contributed by atoms with E-state index in [1.54, 1.807) is 0 Å². The highest BCUT2D eigenvalue weighted by atomic mass is 16.5. The SMILES string of the molecule is COC(=O)CC(NC(=O)NCCCN1CCC(C)CC1)c1ccccc1. The Hall–Kier alpha value is -2.08. The molecule has 0 spiro atoms. The second-order valence-corrected chi connectivity index (χ2v) is 7.02. The number of urea groups is 1. The molecule has 1 unspecified atom stereocenters. The first-order valence-corrected chi connectivity index (χ1v) is 9.47. The van der Waals surface area contributed by atoms with E-state index in [9.17, 15) is 9.59 Å². The van der Waals surface area contributed by atoms with Crippen LogP contribution < -0.4 is 10.6 Å². The van der Waals surface area contributed by atoms with Crippen LogP contribution in [0.15, 0.2) is 30.3 Å². The van der Waals surface area contributed by atoms with Gasteiger partial charge in [0.15, 0.2) is 0 Å². The molecule has 144 valence electrons. The summed E-state index contributed by atoms with van der Waals surface area (Å²) < 4.78 is 4.74. The molecule has 0 bridgehead atoms. The highest BCUT2D eigenvalue weighted by Crippen LogP contribution is 2.17. The first-order chi connectivity index (χ1) is 12.6. The third-order valence-electron chi connectivity index (χ3n) is 4.92. The number of esters is 1. The number of carbonyl (C=O) groups excluding carboxylic acids is 2. The summed E-state index contributed by atoms with van der Waals surface area (Å²) in [6, 6.07) is 8.82. The molecule has 6 nitrogen and oxygen atoms in total. The Morgan fingerprint density at radius 1 is 1.23 bits per heavy atom. The number of hydrogen-bond donors (Lipinski definition) is 2. The number of benzene rings is 1. The molecule has 1 aromatic carbocycles. The van der Waals surface area contributed by atoms with E-state index in [0.29, 0.717) is 6.54 Å². The minimum atomic E-state index is -0.396. The third kappa shape index (κ3) is 7.04. The first kappa shape index (κ1) is 20.2. The summed E-state index contributed by atoms with van der Waals surface area (Å²) in [5.74, 6) is 0.485. The molecule has 6 heteroatoms. The van der Waals surface area contributed by atoms with E-state index in [1.807, 2.05) is 30.3 Å². The minimum Gasteiger partial charge on any atom is -0.469 e. The molecular weight excluding hydrogens is 330 g/mol. The van der Waals surface area contributed by atoms with Gasteiger partial charge in [0.2, 0.25) is 0 Å². The molecule has 26 heavy (non-hydrogen) atoms. The normalized spacial score (nSPS) is 16.7. The number of ether oxygens (including phenoxy) is 1. The van der Waals surface area contributed by atoms with E-state index < -0.39 is 6.04 Å². The summed E-state index contributed by atoms with van der Waals surface area (Å²) in [4.78, 5) is 26.3. The van der Waals surface area contributed by atoms with Gasteiger partial charge in [-0.05, 0) is 50.4 Å². The van der Waals surface area contributed by atoms with Crippen molar-refractivity contribution in [3.05, 3.63) is 35.9 Å². The number of likely N-dealkylation sites (tertiary alicyclic amines) is 1. The number of rotatable bonds is 8. The number of amides is 2. The van der Waals surface area contributed by atoms with Crippen LogP contribution in [0.1, 0.15) is 44.2 Å². The smallest absolute Gasteiger partial charge is 0.315 e. The molecular formula is C20H31N3O3. The van der Waals surface area contributed by atoms with Crippen molar-refractivity contribution in [3.63, 3.8) is 0 Å². The average Bonchev–Trinajstić information content (AvgIpc) is 2.66. The third-order valence-corrected chi connectivity index (χ3v) is 4.92. The number of nitrogens with zero attached hydrogens (tertiary/aromatic N) is 1. The second-order valence-electron chi connectivity index (χ2n) is 7.02. The van der Waals surface area contributed by atoms with Crippen molar-refractivity contribution >= 4 is 12.0 Å². The number of carbonyl (C=O) groups is 2. The minimum absolute atomic E-state index is 0.111. The number of nitrogens with one attached hydrogen (secondary N) is 2. The van der Waals surface area contributed by atoms with Crippen molar-refractivity contribution < 1.29 is 14.3 Å². The van der Waals surface area contributed by atoms with Crippen molar-refractivity contribution in [1.29, 1.82) is 0 Å². The van der Waals surface area contributed by atoms with Crippen LogP contribution in [-0.4, -0.2) is 50.2 Å². The predicted molar refractivity (Wildman–Crippen MR) is 102 cm³/mol. The summed E-state index contributed by atoms with van der Waals surface area (Å²) in [6.45, 7) is 6.25. The molecule has 1 fully saturated rings. The number of hydrogen-bond acceptors (Lipinski definition) is 4. The standard InChI is InChI=1S/C20H31N3O3/c1-16-9-13-23(14-10-16)12-6-11-21-20(25)22-18(15-19(24)26-2)17-7-4-3-5-8-17/h3-5,7-8,16,18H,6,9-15H2,1-2H3,(H2,21,22,25). The maximum atomic E-state index is 12.2. The molecule has 2 amide bonds. The van der Waals surface area contributed by atoms with Gasteiger partial charge in [-0.3, -0.25) is 4.79 Å². The fourth-order valence-corrected chi connectivity index (χ4v) is 3.19. The lowest BCUT2D eigenvalue weighted by molar-refractivity contribution is -0.141. The van der Waals surface area contributed by atoms with E-state index in [-0.39, 0.29) is 18.4 Å². The monoisotopic (exact) mass is 361 g/mol. The van der Waals surface area contributed by atoms with E-state index in [4.69, 9.17) is 4.74 Å². The molecule has 1 aliphatic heterocycles. The zero-order valence-electron chi connectivity index (χ0n) is 15.9. The summed E-state index contributed by atoms with van der Waals surface area (Å²) in [7, 11) is 1.35. The van der Waals surface area contributed by atoms with Crippen LogP contribution in [0.2, 0.25) is 0 Å².